The summed E-state index contributed by atoms with van der Waals surface area (Å²) in [5.41, 5.74) is 4.95. The molecule has 98 valence electrons. The van der Waals surface area contributed by atoms with Gasteiger partial charge in [-0.25, -0.2) is 4.98 Å². The molecule has 2 heterocycles. The van der Waals surface area contributed by atoms with Crippen LogP contribution in [-0.4, -0.2) is 30.6 Å². The highest BCUT2D eigenvalue weighted by Gasteiger charge is 2.38. The molecule has 1 fully saturated rings. The number of rotatable bonds is 4. The number of hydrogen-bond donors (Lipinski definition) is 2. The summed E-state index contributed by atoms with van der Waals surface area (Å²) in [7, 11) is 0. The van der Waals surface area contributed by atoms with Crippen molar-refractivity contribution in [2.75, 3.05) is 25.1 Å². The number of pyridine rings is 1. The van der Waals surface area contributed by atoms with Crippen molar-refractivity contribution in [1.82, 2.24) is 4.98 Å². The van der Waals surface area contributed by atoms with Crippen molar-refractivity contribution < 1.29 is 9.53 Å². The largest absolute Gasteiger partial charge is 0.381 e. The SMILES string of the molecule is NC(=O)C1(CNc2ncccc2Cl)CCOCC1. The molecule has 0 aromatic carbocycles. The van der Waals surface area contributed by atoms with Crippen LogP contribution in [-0.2, 0) is 9.53 Å². The van der Waals surface area contributed by atoms with E-state index in [4.69, 9.17) is 22.1 Å². The van der Waals surface area contributed by atoms with Crippen LogP contribution < -0.4 is 11.1 Å². The molecule has 0 spiro atoms. The molecule has 2 rings (SSSR count). The molecule has 0 unspecified atom stereocenters. The minimum atomic E-state index is -0.570. The van der Waals surface area contributed by atoms with Crippen LogP contribution in [0.3, 0.4) is 0 Å². The minimum Gasteiger partial charge on any atom is -0.381 e. The lowest BCUT2D eigenvalue weighted by molar-refractivity contribution is -0.132. The smallest absolute Gasteiger partial charge is 0.225 e. The number of carbonyl (C=O) groups is 1. The van der Waals surface area contributed by atoms with Crippen molar-refractivity contribution in [3.05, 3.63) is 23.4 Å². The van der Waals surface area contributed by atoms with E-state index in [1.165, 1.54) is 0 Å². The third kappa shape index (κ3) is 2.73. The number of hydrogen-bond acceptors (Lipinski definition) is 4. The van der Waals surface area contributed by atoms with E-state index in [-0.39, 0.29) is 5.91 Å². The van der Waals surface area contributed by atoms with E-state index >= 15 is 0 Å². The Morgan fingerprint density at radius 3 is 2.89 bits per heavy atom. The Labute approximate surface area is 111 Å². The molecule has 0 bridgehead atoms. The molecule has 0 aliphatic carbocycles. The maximum atomic E-state index is 11.7. The predicted molar refractivity (Wildman–Crippen MR) is 69.4 cm³/mol. The second-order valence-electron chi connectivity index (χ2n) is 4.44. The first kappa shape index (κ1) is 13.1. The number of ether oxygens (including phenoxy) is 1. The van der Waals surface area contributed by atoms with Crippen molar-refractivity contribution in [2.45, 2.75) is 12.8 Å². The fraction of sp³-hybridized carbons (Fsp3) is 0.500. The monoisotopic (exact) mass is 269 g/mol. The van der Waals surface area contributed by atoms with Crippen LogP contribution in [0, 0.1) is 5.41 Å². The summed E-state index contributed by atoms with van der Waals surface area (Å²) in [5, 5.41) is 3.64. The van der Waals surface area contributed by atoms with Gasteiger partial charge in [-0.3, -0.25) is 4.79 Å². The lowest BCUT2D eigenvalue weighted by Gasteiger charge is -2.34. The molecule has 1 aromatic heterocycles. The number of amides is 1. The van der Waals surface area contributed by atoms with E-state index in [0.717, 1.165) is 0 Å². The second kappa shape index (κ2) is 5.54. The maximum absolute atomic E-state index is 11.7. The summed E-state index contributed by atoms with van der Waals surface area (Å²) in [6, 6.07) is 3.50. The fourth-order valence-corrected chi connectivity index (χ4v) is 2.23. The Hall–Kier alpha value is -1.33. The number of nitrogens with one attached hydrogen (secondary N) is 1. The normalized spacial score (nSPS) is 18.3. The summed E-state index contributed by atoms with van der Waals surface area (Å²) in [6.45, 7) is 1.55. The molecule has 1 amide bonds. The predicted octanol–water partition coefficient (Wildman–Crippen LogP) is 1.43. The summed E-state index contributed by atoms with van der Waals surface area (Å²) in [5.74, 6) is 0.275. The lowest BCUT2D eigenvalue weighted by atomic mass is 9.79. The lowest BCUT2D eigenvalue weighted by Crippen LogP contribution is -2.46. The van der Waals surface area contributed by atoms with Crippen molar-refractivity contribution in [2.24, 2.45) is 11.1 Å². The number of halogens is 1. The van der Waals surface area contributed by atoms with Gasteiger partial charge in [0.25, 0.3) is 0 Å². The van der Waals surface area contributed by atoms with Gasteiger partial charge in [0.05, 0.1) is 10.4 Å². The van der Waals surface area contributed by atoms with E-state index in [1.807, 2.05) is 0 Å². The average molecular weight is 270 g/mol. The van der Waals surface area contributed by atoms with Gasteiger partial charge in [-0.05, 0) is 25.0 Å². The summed E-state index contributed by atoms with van der Waals surface area (Å²) < 4.78 is 5.27. The molecule has 5 nitrogen and oxygen atoms in total. The number of nitrogens with two attached hydrogens (primary N) is 1. The summed E-state index contributed by atoms with van der Waals surface area (Å²) in [4.78, 5) is 15.8. The van der Waals surface area contributed by atoms with Crippen LogP contribution in [0.2, 0.25) is 5.02 Å². The molecular formula is C12H16ClN3O2. The summed E-state index contributed by atoms with van der Waals surface area (Å²) in [6.07, 6.45) is 2.90. The number of anilines is 1. The van der Waals surface area contributed by atoms with E-state index in [9.17, 15) is 4.79 Å². The van der Waals surface area contributed by atoms with Gasteiger partial charge in [0.15, 0.2) is 0 Å². The van der Waals surface area contributed by atoms with E-state index in [2.05, 4.69) is 10.3 Å². The molecule has 0 atom stereocenters. The van der Waals surface area contributed by atoms with Gasteiger partial charge in [0.1, 0.15) is 5.82 Å². The third-order valence-electron chi connectivity index (χ3n) is 3.33. The number of nitrogens with zero attached hydrogens (tertiary/aromatic N) is 1. The second-order valence-corrected chi connectivity index (χ2v) is 4.85. The van der Waals surface area contributed by atoms with Gasteiger partial charge in [-0.1, -0.05) is 11.6 Å². The zero-order valence-corrected chi connectivity index (χ0v) is 10.7. The molecule has 6 heteroatoms. The molecule has 0 saturated carbocycles. The van der Waals surface area contributed by atoms with Crippen molar-refractivity contribution in [3.63, 3.8) is 0 Å². The first-order valence-corrected chi connectivity index (χ1v) is 6.24. The zero-order valence-electron chi connectivity index (χ0n) is 9.99. The van der Waals surface area contributed by atoms with Crippen LogP contribution in [0.1, 0.15) is 12.8 Å². The van der Waals surface area contributed by atoms with Crippen molar-refractivity contribution in [3.8, 4) is 0 Å². The molecule has 1 aliphatic heterocycles. The summed E-state index contributed by atoms with van der Waals surface area (Å²) >= 11 is 6.00. The Morgan fingerprint density at radius 2 is 2.28 bits per heavy atom. The zero-order chi connectivity index (χ0) is 13.0. The number of carbonyl (C=O) groups excluding carboxylic acids is 1. The quantitative estimate of drug-likeness (QED) is 0.867. The van der Waals surface area contributed by atoms with Gasteiger partial charge in [-0.15, -0.1) is 0 Å². The molecular weight excluding hydrogens is 254 g/mol. The van der Waals surface area contributed by atoms with E-state index in [1.54, 1.807) is 18.3 Å². The topological polar surface area (TPSA) is 77.2 Å². The van der Waals surface area contributed by atoms with Gasteiger partial charge >= 0.3 is 0 Å². The first-order valence-electron chi connectivity index (χ1n) is 5.86. The highest BCUT2D eigenvalue weighted by Crippen LogP contribution is 2.31. The molecule has 1 aromatic rings. The molecule has 0 radical (unpaired) electrons. The van der Waals surface area contributed by atoms with E-state index < -0.39 is 5.41 Å². The van der Waals surface area contributed by atoms with Crippen molar-refractivity contribution >= 4 is 23.3 Å². The Bertz CT molecular complexity index is 433. The van der Waals surface area contributed by atoms with Crippen LogP contribution >= 0.6 is 11.6 Å². The maximum Gasteiger partial charge on any atom is 0.225 e. The van der Waals surface area contributed by atoms with Crippen molar-refractivity contribution in [1.29, 1.82) is 0 Å². The first-order chi connectivity index (χ1) is 8.64. The molecule has 18 heavy (non-hydrogen) atoms. The highest BCUT2D eigenvalue weighted by atomic mass is 35.5. The number of aromatic nitrogens is 1. The van der Waals surface area contributed by atoms with Gasteiger partial charge in [-0.2, -0.15) is 0 Å². The number of primary amides is 1. The van der Waals surface area contributed by atoms with Gasteiger partial charge in [0, 0.05) is 26.0 Å². The highest BCUT2D eigenvalue weighted by molar-refractivity contribution is 6.32. The molecule has 3 N–H and O–H groups in total. The fourth-order valence-electron chi connectivity index (χ4n) is 2.04. The molecule has 1 aliphatic rings. The Morgan fingerprint density at radius 1 is 1.56 bits per heavy atom. The van der Waals surface area contributed by atoms with Gasteiger partial charge in [0.2, 0.25) is 5.91 Å². The van der Waals surface area contributed by atoms with E-state index in [0.29, 0.717) is 43.4 Å². The Kier molecular flexibility index (Phi) is 4.04. The van der Waals surface area contributed by atoms with Crippen LogP contribution in [0.15, 0.2) is 18.3 Å². The third-order valence-corrected chi connectivity index (χ3v) is 3.63. The van der Waals surface area contributed by atoms with Crippen LogP contribution in [0.5, 0.6) is 0 Å². The van der Waals surface area contributed by atoms with Crippen LogP contribution in [0.25, 0.3) is 0 Å². The molecule has 1 saturated heterocycles. The minimum absolute atomic E-state index is 0.301. The Balaban J connectivity index is 2.06. The van der Waals surface area contributed by atoms with Gasteiger partial charge < -0.3 is 15.8 Å². The average Bonchev–Trinajstić information content (AvgIpc) is 2.39. The standard InChI is InChI=1S/C12H16ClN3O2/c13-9-2-1-5-15-10(9)16-8-12(11(14)17)3-6-18-7-4-12/h1-2,5H,3-4,6-8H2,(H2,14,17)(H,15,16). The van der Waals surface area contributed by atoms with Crippen LogP contribution in [0.4, 0.5) is 5.82 Å².